The van der Waals surface area contributed by atoms with Crippen molar-refractivity contribution >= 4 is 11.4 Å². The number of nitrogens with zero attached hydrogens (tertiary/aromatic N) is 1. The van der Waals surface area contributed by atoms with Crippen LogP contribution in [0.4, 0.5) is 11.4 Å². The van der Waals surface area contributed by atoms with Crippen LogP contribution in [0.2, 0.25) is 0 Å². The van der Waals surface area contributed by atoms with Gasteiger partial charge in [0.15, 0.2) is 0 Å². The van der Waals surface area contributed by atoms with Gasteiger partial charge in [0.1, 0.15) is 0 Å². The highest BCUT2D eigenvalue weighted by atomic mass is 14.9. The summed E-state index contributed by atoms with van der Waals surface area (Å²) in [5.74, 6) is 0. The van der Waals surface area contributed by atoms with E-state index in [-0.39, 0.29) is 0 Å². The molecular formula is C30H24N2. The summed E-state index contributed by atoms with van der Waals surface area (Å²) in [5.41, 5.74) is 9.81. The van der Waals surface area contributed by atoms with Gasteiger partial charge in [-0.15, -0.1) is 0 Å². The van der Waals surface area contributed by atoms with Gasteiger partial charge in [0.2, 0.25) is 0 Å². The number of hydrogen-bond donors (Lipinski definition) is 1. The third kappa shape index (κ3) is 4.30. The molecule has 32 heavy (non-hydrogen) atoms. The number of benzene rings is 4. The quantitative estimate of drug-likeness (QED) is 0.315. The van der Waals surface area contributed by atoms with Crippen LogP contribution in [0.25, 0.3) is 33.6 Å². The zero-order valence-electron chi connectivity index (χ0n) is 18.0. The zero-order valence-corrected chi connectivity index (χ0v) is 18.0. The van der Waals surface area contributed by atoms with Gasteiger partial charge in [-0.2, -0.15) is 0 Å². The van der Waals surface area contributed by atoms with E-state index in [2.05, 4.69) is 121 Å². The van der Waals surface area contributed by atoms with E-state index in [1.165, 1.54) is 5.56 Å². The van der Waals surface area contributed by atoms with Crippen molar-refractivity contribution < 1.29 is 0 Å². The molecule has 4 aromatic carbocycles. The van der Waals surface area contributed by atoms with Gasteiger partial charge < -0.3 is 5.32 Å². The first-order valence-electron chi connectivity index (χ1n) is 10.8. The highest BCUT2D eigenvalue weighted by Crippen LogP contribution is 2.35. The summed E-state index contributed by atoms with van der Waals surface area (Å²) in [6, 6.07) is 42.0. The first-order chi connectivity index (χ1) is 15.8. The Balaban J connectivity index is 1.64. The molecule has 1 aromatic heterocycles. The molecule has 0 spiro atoms. The monoisotopic (exact) mass is 412 g/mol. The van der Waals surface area contributed by atoms with Crippen molar-refractivity contribution in [2.45, 2.75) is 6.92 Å². The molecule has 5 rings (SSSR count). The van der Waals surface area contributed by atoms with Gasteiger partial charge in [0, 0.05) is 28.1 Å². The maximum atomic E-state index is 5.00. The fourth-order valence-corrected chi connectivity index (χ4v) is 3.84. The molecule has 2 nitrogen and oxygen atoms in total. The van der Waals surface area contributed by atoms with E-state index in [0.29, 0.717) is 0 Å². The van der Waals surface area contributed by atoms with E-state index in [0.717, 1.165) is 45.0 Å². The third-order valence-corrected chi connectivity index (χ3v) is 5.53. The molecule has 0 radical (unpaired) electrons. The van der Waals surface area contributed by atoms with Crippen LogP contribution in [-0.2, 0) is 0 Å². The Morgan fingerprint density at radius 2 is 1.06 bits per heavy atom. The van der Waals surface area contributed by atoms with Crippen LogP contribution in [-0.4, -0.2) is 4.98 Å². The lowest BCUT2D eigenvalue weighted by Crippen LogP contribution is -1.95. The number of pyridine rings is 1. The van der Waals surface area contributed by atoms with Crippen molar-refractivity contribution in [1.82, 2.24) is 4.98 Å². The molecule has 154 valence electrons. The highest BCUT2D eigenvalue weighted by molar-refractivity contribution is 5.85. The highest BCUT2D eigenvalue weighted by Gasteiger charge is 2.11. The average Bonchev–Trinajstić information content (AvgIpc) is 2.86. The Kier molecular flexibility index (Phi) is 5.50. The lowest BCUT2D eigenvalue weighted by Gasteiger charge is -2.15. The molecule has 0 saturated heterocycles. The summed E-state index contributed by atoms with van der Waals surface area (Å²) < 4.78 is 0. The summed E-state index contributed by atoms with van der Waals surface area (Å²) in [6.07, 6.45) is 0. The van der Waals surface area contributed by atoms with Gasteiger partial charge in [0.05, 0.1) is 11.4 Å². The molecule has 2 heteroatoms. The topological polar surface area (TPSA) is 24.9 Å². The smallest absolute Gasteiger partial charge is 0.0715 e. The molecule has 5 aromatic rings. The molecular weight excluding hydrogens is 388 g/mol. The van der Waals surface area contributed by atoms with E-state index in [4.69, 9.17) is 4.98 Å². The standard InChI is InChI=1S/C30H24N2/c1-22-16-18-26(19-17-22)31-28-15-9-8-14-27(28)25-20-29(23-10-4-2-5-11-23)32-30(21-25)24-12-6-3-7-13-24/h2-21,31H,1H3. The normalized spacial score (nSPS) is 10.7. The Morgan fingerprint density at radius 3 is 1.66 bits per heavy atom. The maximum absolute atomic E-state index is 5.00. The number of anilines is 2. The Morgan fingerprint density at radius 1 is 0.531 bits per heavy atom. The summed E-state index contributed by atoms with van der Waals surface area (Å²) >= 11 is 0. The largest absolute Gasteiger partial charge is 0.355 e. The molecule has 0 fully saturated rings. The summed E-state index contributed by atoms with van der Waals surface area (Å²) in [7, 11) is 0. The van der Waals surface area contributed by atoms with Gasteiger partial charge in [-0.3, -0.25) is 0 Å². The van der Waals surface area contributed by atoms with Crippen LogP contribution in [0.1, 0.15) is 5.56 Å². The van der Waals surface area contributed by atoms with Crippen molar-refractivity contribution in [2.75, 3.05) is 5.32 Å². The second-order valence-corrected chi connectivity index (χ2v) is 7.89. The van der Waals surface area contributed by atoms with Crippen LogP contribution < -0.4 is 5.32 Å². The average molecular weight is 413 g/mol. The number of hydrogen-bond acceptors (Lipinski definition) is 2. The Bertz CT molecular complexity index is 1270. The molecule has 1 heterocycles. The summed E-state index contributed by atoms with van der Waals surface area (Å²) in [5, 5.41) is 3.60. The summed E-state index contributed by atoms with van der Waals surface area (Å²) in [6.45, 7) is 2.10. The van der Waals surface area contributed by atoms with Crippen LogP contribution in [0, 0.1) is 6.92 Å². The van der Waals surface area contributed by atoms with Gasteiger partial charge >= 0.3 is 0 Å². The predicted molar refractivity (Wildman–Crippen MR) is 135 cm³/mol. The van der Waals surface area contributed by atoms with E-state index in [1.54, 1.807) is 0 Å². The van der Waals surface area contributed by atoms with E-state index < -0.39 is 0 Å². The second-order valence-electron chi connectivity index (χ2n) is 7.89. The number of aromatic nitrogens is 1. The van der Waals surface area contributed by atoms with E-state index >= 15 is 0 Å². The number of nitrogens with one attached hydrogen (secondary N) is 1. The lowest BCUT2D eigenvalue weighted by molar-refractivity contribution is 1.32. The molecule has 0 aliphatic rings. The minimum absolute atomic E-state index is 0.965. The molecule has 0 atom stereocenters. The maximum Gasteiger partial charge on any atom is 0.0715 e. The Hall–Kier alpha value is -4.17. The van der Waals surface area contributed by atoms with Crippen molar-refractivity contribution in [1.29, 1.82) is 0 Å². The molecule has 0 aliphatic carbocycles. The minimum atomic E-state index is 0.965. The minimum Gasteiger partial charge on any atom is -0.355 e. The van der Waals surface area contributed by atoms with Gasteiger partial charge in [-0.25, -0.2) is 4.98 Å². The van der Waals surface area contributed by atoms with E-state index in [1.807, 2.05) is 12.1 Å². The first-order valence-corrected chi connectivity index (χ1v) is 10.8. The van der Waals surface area contributed by atoms with Crippen molar-refractivity contribution in [3.8, 4) is 33.6 Å². The fourth-order valence-electron chi connectivity index (χ4n) is 3.84. The predicted octanol–water partition coefficient (Wildman–Crippen LogP) is 8.13. The fraction of sp³-hybridized carbons (Fsp3) is 0.0333. The van der Waals surface area contributed by atoms with Crippen LogP contribution in [0.15, 0.2) is 121 Å². The molecule has 0 saturated carbocycles. The van der Waals surface area contributed by atoms with E-state index in [9.17, 15) is 0 Å². The zero-order chi connectivity index (χ0) is 21.8. The van der Waals surface area contributed by atoms with Crippen LogP contribution in [0.5, 0.6) is 0 Å². The van der Waals surface area contributed by atoms with Crippen molar-refractivity contribution in [2.24, 2.45) is 0 Å². The van der Waals surface area contributed by atoms with Crippen molar-refractivity contribution in [3.05, 3.63) is 127 Å². The van der Waals surface area contributed by atoms with Gasteiger partial charge in [-0.1, -0.05) is 96.6 Å². The molecule has 0 unspecified atom stereocenters. The van der Waals surface area contributed by atoms with Gasteiger partial charge in [0.25, 0.3) is 0 Å². The number of para-hydroxylation sites is 1. The lowest BCUT2D eigenvalue weighted by atomic mass is 9.98. The van der Waals surface area contributed by atoms with Crippen LogP contribution >= 0.6 is 0 Å². The Labute approximate surface area is 189 Å². The number of rotatable bonds is 5. The third-order valence-electron chi connectivity index (χ3n) is 5.53. The molecule has 0 bridgehead atoms. The molecule has 0 amide bonds. The molecule has 0 aliphatic heterocycles. The van der Waals surface area contributed by atoms with Crippen LogP contribution in [0.3, 0.4) is 0 Å². The SMILES string of the molecule is Cc1ccc(Nc2ccccc2-c2cc(-c3ccccc3)nc(-c3ccccc3)c2)cc1. The summed E-state index contributed by atoms with van der Waals surface area (Å²) in [4.78, 5) is 5.00. The molecule has 1 N–H and O–H groups in total. The van der Waals surface area contributed by atoms with Gasteiger partial charge in [-0.05, 0) is 42.8 Å². The second kappa shape index (κ2) is 8.91. The van der Waals surface area contributed by atoms with Crippen molar-refractivity contribution in [3.63, 3.8) is 0 Å². The number of aryl methyl sites for hydroxylation is 1. The first kappa shape index (κ1) is 19.8.